The van der Waals surface area contributed by atoms with Crippen molar-refractivity contribution in [2.45, 2.75) is 32.9 Å². The molecular formula is C13H18N2O4. The van der Waals surface area contributed by atoms with Crippen LogP contribution in [-0.2, 0) is 16.1 Å². The van der Waals surface area contributed by atoms with E-state index in [1.54, 1.807) is 32.9 Å². The molecule has 1 aromatic carbocycles. The molecule has 0 amide bonds. The SMILES string of the molecule is CCOC(=O)C(C)(C)NCc1ccc([N+](=O)[O-])cc1. The summed E-state index contributed by atoms with van der Waals surface area (Å²) in [6, 6.07) is 6.20. The summed E-state index contributed by atoms with van der Waals surface area (Å²) in [5.41, 5.74) is 0.119. The van der Waals surface area contributed by atoms with Crippen molar-refractivity contribution >= 4 is 11.7 Å². The first-order chi connectivity index (χ1) is 8.86. The second-order valence-electron chi connectivity index (χ2n) is 4.62. The van der Waals surface area contributed by atoms with E-state index in [0.717, 1.165) is 5.56 Å². The Labute approximate surface area is 111 Å². The molecule has 0 bridgehead atoms. The maximum absolute atomic E-state index is 11.7. The minimum Gasteiger partial charge on any atom is -0.465 e. The molecule has 0 fully saturated rings. The molecule has 0 aromatic heterocycles. The molecule has 0 aliphatic heterocycles. The number of esters is 1. The fraction of sp³-hybridized carbons (Fsp3) is 0.462. The van der Waals surface area contributed by atoms with Crippen LogP contribution in [0.4, 0.5) is 5.69 Å². The summed E-state index contributed by atoms with van der Waals surface area (Å²) in [6.07, 6.45) is 0. The third-order valence-corrected chi connectivity index (χ3v) is 2.67. The van der Waals surface area contributed by atoms with Gasteiger partial charge in [0.1, 0.15) is 5.54 Å². The van der Waals surface area contributed by atoms with Gasteiger partial charge in [-0.2, -0.15) is 0 Å². The van der Waals surface area contributed by atoms with Gasteiger partial charge in [0.25, 0.3) is 5.69 Å². The van der Waals surface area contributed by atoms with Crippen molar-refractivity contribution in [3.05, 3.63) is 39.9 Å². The van der Waals surface area contributed by atoms with Crippen LogP contribution in [0.25, 0.3) is 0 Å². The van der Waals surface area contributed by atoms with E-state index in [0.29, 0.717) is 13.2 Å². The molecule has 1 N–H and O–H groups in total. The second kappa shape index (κ2) is 6.29. The van der Waals surface area contributed by atoms with Crippen LogP contribution >= 0.6 is 0 Å². The van der Waals surface area contributed by atoms with Gasteiger partial charge < -0.3 is 4.74 Å². The molecule has 0 atom stereocenters. The molecule has 6 heteroatoms. The number of ether oxygens (including phenoxy) is 1. The van der Waals surface area contributed by atoms with Gasteiger partial charge in [-0.3, -0.25) is 20.2 Å². The van der Waals surface area contributed by atoms with E-state index in [1.807, 2.05) is 0 Å². The molecule has 0 aliphatic rings. The predicted molar refractivity (Wildman–Crippen MR) is 70.6 cm³/mol. The Hall–Kier alpha value is -1.95. The molecule has 104 valence electrons. The first kappa shape index (κ1) is 15.1. The number of nitro groups is 1. The number of nitrogens with zero attached hydrogens (tertiary/aromatic N) is 1. The van der Waals surface area contributed by atoms with E-state index in [-0.39, 0.29) is 11.7 Å². The van der Waals surface area contributed by atoms with Gasteiger partial charge >= 0.3 is 5.97 Å². The summed E-state index contributed by atoms with van der Waals surface area (Å²) in [5.74, 6) is -0.322. The van der Waals surface area contributed by atoms with E-state index in [2.05, 4.69) is 5.32 Å². The molecule has 6 nitrogen and oxygen atoms in total. The number of benzene rings is 1. The van der Waals surface area contributed by atoms with E-state index < -0.39 is 10.5 Å². The number of carbonyl (C=O) groups is 1. The number of hydrogen-bond acceptors (Lipinski definition) is 5. The Kier molecular flexibility index (Phi) is 5.00. The van der Waals surface area contributed by atoms with Gasteiger partial charge in [0.2, 0.25) is 0 Å². The van der Waals surface area contributed by atoms with Gasteiger partial charge in [0.05, 0.1) is 11.5 Å². The van der Waals surface area contributed by atoms with Crippen molar-refractivity contribution in [1.29, 1.82) is 0 Å². The number of nitrogens with one attached hydrogen (secondary N) is 1. The lowest BCUT2D eigenvalue weighted by Gasteiger charge is -2.23. The van der Waals surface area contributed by atoms with Gasteiger partial charge in [0.15, 0.2) is 0 Å². The van der Waals surface area contributed by atoms with Crippen LogP contribution in [0, 0.1) is 10.1 Å². The number of nitro benzene ring substituents is 1. The molecule has 0 aliphatic carbocycles. The van der Waals surface area contributed by atoms with Crippen molar-refractivity contribution in [2.75, 3.05) is 6.61 Å². The molecular weight excluding hydrogens is 248 g/mol. The predicted octanol–water partition coefficient (Wildman–Crippen LogP) is 2.03. The van der Waals surface area contributed by atoms with E-state index in [1.165, 1.54) is 12.1 Å². The van der Waals surface area contributed by atoms with Gasteiger partial charge in [-0.1, -0.05) is 12.1 Å². The minimum atomic E-state index is -0.794. The largest absolute Gasteiger partial charge is 0.465 e. The number of carbonyl (C=O) groups excluding carboxylic acids is 1. The van der Waals surface area contributed by atoms with Crippen molar-refractivity contribution in [1.82, 2.24) is 5.32 Å². The van der Waals surface area contributed by atoms with Gasteiger partial charge in [0, 0.05) is 18.7 Å². The summed E-state index contributed by atoms with van der Waals surface area (Å²) < 4.78 is 4.95. The molecule has 0 radical (unpaired) electrons. The molecule has 0 saturated heterocycles. The van der Waals surface area contributed by atoms with Crippen molar-refractivity contribution < 1.29 is 14.5 Å². The molecule has 0 heterocycles. The van der Waals surface area contributed by atoms with Crippen LogP contribution in [0.3, 0.4) is 0 Å². The van der Waals surface area contributed by atoms with E-state index >= 15 is 0 Å². The highest BCUT2D eigenvalue weighted by Crippen LogP contribution is 2.13. The Bertz CT molecular complexity index is 454. The third kappa shape index (κ3) is 4.33. The topological polar surface area (TPSA) is 81.5 Å². The third-order valence-electron chi connectivity index (χ3n) is 2.67. The maximum Gasteiger partial charge on any atom is 0.325 e. The fourth-order valence-corrected chi connectivity index (χ4v) is 1.44. The lowest BCUT2D eigenvalue weighted by Crippen LogP contribution is -2.47. The monoisotopic (exact) mass is 266 g/mol. The first-order valence-corrected chi connectivity index (χ1v) is 6.02. The summed E-state index contributed by atoms with van der Waals surface area (Å²) in [6.45, 7) is 5.99. The van der Waals surface area contributed by atoms with Crippen LogP contribution in [0.1, 0.15) is 26.3 Å². The number of hydrogen-bond donors (Lipinski definition) is 1. The fourth-order valence-electron chi connectivity index (χ4n) is 1.44. The summed E-state index contributed by atoms with van der Waals surface area (Å²) in [4.78, 5) is 21.7. The minimum absolute atomic E-state index is 0.0494. The molecule has 0 spiro atoms. The van der Waals surface area contributed by atoms with Crippen molar-refractivity contribution in [3.63, 3.8) is 0 Å². The summed E-state index contributed by atoms with van der Waals surface area (Å²) in [7, 11) is 0. The normalized spacial score (nSPS) is 11.1. The van der Waals surface area contributed by atoms with Crippen molar-refractivity contribution in [2.24, 2.45) is 0 Å². The van der Waals surface area contributed by atoms with Crippen LogP contribution in [0.2, 0.25) is 0 Å². The average Bonchev–Trinajstić information content (AvgIpc) is 2.37. The second-order valence-corrected chi connectivity index (χ2v) is 4.62. The zero-order valence-electron chi connectivity index (χ0n) is 11.3. The smallest absolute Gasteiger partial charge is 0.325 e. The van der Waals surface area contributed by atoms with Crippen LogP contribution in [-0.4, -0.2) is 23.0 Å². The van der Waals surface area contributed by atoms with Gasteiger partial charge in [-0.15, -0.1) is 0 Å². The lowest BCUT2D eigenvalue weighted by atomic mass is 10.1. The molecule has 1 aromatic rings. The lowest BCUT2D eigenvalue weighted by molar-refractivity contribution is -0.384. The zero-order valence-corrected chi connectivity index (χ0v) is 11.3. The molecule has 1 rings (SSSR count). The number of rotatable bonds is 6. The van der Waals surface area contributed by atoms with Gasteiger partial charge in [-0.05, 0) is 26.3 Å². The highest BCUT2D eigenvalue weighted by Gasteiger charge is 2.28. The Morgan fingerprint density at radius 2 is 1.95 bits per heavy atom. The van der Waals surface area contributed by atoms with Gasteiger partial charge in [-0.25, -0.2) is 0 Å². The van der Waals surface area contributed by atoms with Crippen LogP contribution in [0.5, 0.6) is 0 Å². The molecule has 0 saturated carbocycles. The quantitative estimate of drug-likeness (QED) is 0.484. The highest BCUT2D eigenvalue weighted by atomic mass is 16.6. The molecule has 0 unspecified atom stereocenters. The number of non-ortho nitro benzene ring substituents is 1. The Morgan fingerprint density at radius 3 is 2.42 bits per heavy atom. The average molecular weight is 266 g/mol. The van der Waals surface area contributed by atoms with Crippen LogP contribution < -0.4 is 5.32 Å². The van der Waals surface area contributed by atoms with Crippen LogP contribution in [0.15, 0.2) is 24.3 Å². The summed E-state index contributed by atoms with van der Waals surface area (Å²) in [5, 5.41) is 13.6. The highest BCUT2D eigenvalue weighted by molar-refractivity contribution is 5.79. The first-order valence-electron chi connectivity index (χ1n) is 6.02. The standard InChI is InChI=1S/C13H18N2O4/c1-4-19-12(16)13(2,3)14-9-10-5-7-11(8-6-10)15(17)18/h5-8,14H,4,9H2,1-3H3. The van der Waals surface area contributed by atoms with E-state index in [4.69, 9.17) is 4.74 Å². The molecule has 19 heavy (non-hydrogen) atoms. The maximum atomic E-state index is 11.7. The van der Waals surface area contributed by atoms with Crippen molar-refractivity contribution in [3.8, 4) is 0 Å². The zero-order chi connectivity index (χ0) is 14.5. The Morgan fingerprint density at radius 1 is 1.37 bits per heavy atom. The summed E-state index contributed by atoms with van der Waals surface area (Å²) >= 11 is 0. The van der Waals surface area contributed by atoms with E-state index in [9.17, 15) is 14.9 Å². The Balaban J connectivity index is 2.61.